The number of amides is 9. The summed E-state index contributed by atoms with van der Waals surface area (Å²) >= 11 is 0. The van der Waals surface area contributed by atoms with Gasteiger partial charge in [0.05, 0.1) is 26.2 Å². The lowest BCUT2D eigenvalue weighted by atomic mass is 9.99. The van der Waals surface area contributed by atoms with E-state index in [9.17, 15) is 48.3 Å². The largest absolute Gasteiger partial charge is 0.394 e. The molecule has 350 valence electrons. The monoisotopic (exact) mass is 871 g/mol. The summed E-state index contributed by atoms with van der Waals surface area (Å²) in [5.74, 6) is -6.16. The summed E-state index contributed by atoms with van der Waals surface area (Å²) in [5, 5.41) is 32.7. The summed E-state index contributed by atoms with van der Waals surface area (Å²) in [5.41, 5.74) is 17.1. The molecule has 0 aromatic heterocycles. The summed E-state index contributed by atoms with van der Waals surface area (Å²) in [6, 6.07) is -6.11. The second-order valence-corrected chi connectivity index (χ2v) is 15.6. The van der Waals surface area contributed by atoms with Crippen LogP contribution in [0.4, 0.5) is 0 Å². The second kappa shape index (κ2) is 31.9. The van der Waals surface area contributed by atoms with Crippen molar-refractivity contribution < 1.29 is 48.3 Å². The third-order valence-electron chi connectivity index (χ3n) is 9.58. The Morgan fingerprint density at radius 1 is 0.443 bits per heavy atom. The van der Waals surface area contributed by atoms with Crippen LogP contribution in [0.15, 0.2) is 0 Å². The van der Waals surface area contributed by atoms with E-state index in [0.717, 1.165) is 0 Å². The zero-order valence-electron chi connectivity index (χ0n) is 36.8. The van der Waals surface area contributed by atoms with Crippen LogP contribution in [0.25, 0.3) is 0 Å². The third-order valence-corrected chi connectivity index (χ3v) is 9.58. The van der Waals surface area contributed by atoms with E-state index in [1.54, 1.807) is 13.8 Å². The van der Waals surface area contributed by atoms with Gasteiger partial charge in [-0.3, -0.25) is 43.2 Å². The molecule has 0 saturated carbocycles. The van der Waals surface area contributed by atoms with Gasteiger partial charge in [-0.05, 0) is 96.2 Å². The van der Waals surface area contributed by atoms with Crippen molar-refractivity contribution >= 4 is 53.2 Å². The minimum Gasteiger partial charge on any atom is -0.394 e. The van der Waals surface area contributed by atoms with Crippen molar-refractivity contribution in [3.63, 3.8) is 0 Å². The molecule has 0 heterocycles. The highest BCUT2D eigenvalue weighted by atomic mass is 16.3. The molecule has 0 bridgehead atoms. The maximum absolute atomic E-state index is 13.9. The van der Waals surface area contributed by atoms with Gasteiger partial charge in [0.1, 0.15) is 30.2 Å². The first-order valence-corrected chi connectivity index (χ1v) is 21.1. The Bertz CT molecular complexity index is 1420. The van der Waals surface area contributed by atoms with Gasteiger partial charge in [-0.2, -0.15) is 0 Å². The Morgan fingerprint density at radius 3 is 1.18 bits per heavy atom. The molecule has 9 amide bonds. The lowest BCUT2D eigenvalue weighted by Gasteiger charge is -2.29. The number of aliphatic hydroxyl groups is 1. The minimum absolute atomic E-state index is 0.0694. The maximum atomic E-state index is 13.9. The Kier molecular flexibility index (Phi) is 29.3. The molecule has 16 N–H and O–H groups in total. The maximum Gasteiger partial charge on any atom is 0.245 e. The van der Waals surface area contributed by atoms with Crippen molar-refractivity contribution in [1.82, 2.24) is 47.9 Å². The highest BCUT2D eigenvalue weighted by Crippen LogP contribution is 2.10. The molecule has 0 saturated heterocycles. The van der Waals surface area contributed by atoms with E-state index in [2.05, 4.69) is 47.9 Å². The highest BCUT2D eigenvalue weighted by Gasteiger charge is 2.33. The number of aliphatic hydroxyl groups excluding tert-OH is 1. The van der Waals surface area contributed by atoms with Crippen LogP contribution in [0.2, 0.25) is 0 Å². The van der Waals surface area contributed by atoms with Gasteiger partial charge >= 0.3 is 0 Å². The fourth-order valence-electron chi connectivity index (χ4n) is 5.50. The molecule has 0 aromatic rings. The van der Waals surface area contributed by atoms with Crippen molar-refractivity contribution in [2.75, 3.05) is 45.9 Å². The van der Waals surface area contributed by atoms with Crippen LogP contribution < -0.4 is 65.1 Å². The smallest absolute Gasteiger partial charge is 0.245 e. The zero-order chi connectivity index (χ0) is 46.5. The Balaban J connectivity index is 6.02. The predicted molar refractivity (Wildman–Crippen MR) is 227 cm³/mol. The molecule has 22 heteroatoms. The van der Waals surface area contributed by atoms with Crippen LogP contribution in [0.5, 0.6) is 0 Å². The Hall–Kier alpha value is -4.93. The molecule has 0 unspecified atom stereocenters. The van der Waals surface area contributed by atoms with Gasteiger partial charge < -0.3 is 70.2 Å². The highest BCUT2D eigenvalue weighted by molar-refractivity contribution is 5.97. The molecule has 0 radical (unpaired) electrons. The standard InChI is InChI=1S/C39H74N12O10/c1-23(2)25(5)46-39(61)34(24(3)4)51-37(59)29(15-9-12-18-42)49-35(57)27(13-7-10-16-40)48-36(58)28(14-8-11-17-41)50-38(60)30(22-52)47-33(56)21-45-32(55)20-44-31(54)19-43-26(6)53/h23-25,27-30,34,52H,7-22,40-42H2,1-6H3,(H,43,53)(H,44,54)(H,45,55)(H,46,61)(H,47,56)(H,48,58)(H,49,57)(H,50,60)(H,51,59)/t25-,27+,28+,29+,30+,34+/m1/s1. The molecule has 0 aliphatic rings. The first-order chi connectivity index (χ1) is 28.8. The molecule has 0 aliphatic heterocycles. The third kappa shape index (κ3) is 24.8. The molecule has 6 atom stereocenters. The van der Waals surface area contributed by atoms with Crippen molar-refractivity contribution in [2.24, 2.45) is 29.0 Å². The Morgan fingerprint density at radius 2 is 0.820 bits per heavy atom. The van der Waals surface area contributed by atoms with Gasteiger partial charge in [0.15, 0.2) is 0 Å². The summed E-state index contributed by atoms with van der Waals surface area (Å²) in [4.78, 5) is 115. The van der Waals surface area contributed by atoms with Crippen LogP contribution in [0, 0.1) is 11.8 Å². The van der Waals surface area contributed by atoms with Crippen molar-refractivity contribution in [3.05, 3.63) is 0 Å². The molecular weight excluding hydrogens is 797 g/mol. The first-order valence-electron chi connectivity index (χ1n) is 21.1. The SMILES string of the molecule is CC(=O)NCC(=O)NCC(=O)NCC(=O)N[C@@H](CO)C(=O)N[C@@H](CCCCN)C(=O)N[C@@H](CCCCN)C(=O)N[C@@H](CCCCN)C(=O)N[C@H](C(=O)N[C@H](C)C(C)C)C(C)C. The normalized spacial score (nSPS) is 14.0. The van der Waals surface area contributed by atoms with E-state index in [0.29, 0.717) is 51.6 Å². The number of nitrogens with two attached hydrogens (primary N) is 3. The average molecular weight is 871 g/mol. The summed E-state index contributed by atoms with van der Waals surface area (Å²) in [6.07, 6.45) is 3.23. The average Bonchev–Trinajstić information content (AvgIpc) is 3.20. The summed E-state index contributed by atoms with van der Waals surface area (Å²) in [7, 11) is 0. The van der Waals surface area contributed by atoms with Crippen molar-refractivity contribution in [1.29, 1.82) is 0 Å². The summed E-state index contributed by atoms with van der Waals surface area (Å²) in [6.45, 7) is 9.18. The molecule has 0 spiro atoms. The molecule has 0 aromatic carbocycles. The first kappa shape index (κ1) is 56.1. The molecular formula is C39H74N12O10. The van der Waals surface area contributed by atoms with Crippen LogP contribution in [-0.2, 0) is 43.2 Å². The lowest BCUT2D eigenvalue weighted by Crippen LogP contribution is -2.60. The molecule has 61 heavy (non-hydrogen) atoms. The molecule has 0 rings (SSSR count). The van der Waals surface area contributed by atoms with E-state index < -0.39 is 97.2 Å². The second-order valence-electron chi connectivity index (χ2n) is 15.6. The van der Waals surface area contributed by atoms with Crippen molar-refractivity contribution in [3.8, 4) is 0 Å². The number of hydrogen-bond donors (Lipinski definition) is 13. The van der Waals surface area contributed by atoms with Gasteiger partial charge in [-0.15, -0.1) is 0 Å². The minimum atomic E-state index is -1.55. The van der Waals surface area contributed by atoms with E-state index >= 15 is 0 Å². The fourth-order valence-corrected chi connectivity index (χ4v) is 5.50. The Labute approximate surface area is 359 Å². The summed E-state index contributed by atoms with van der Waals surface area (Å²) < 4.78 is 0. The van der Waals surface area contributed by atoms with Gasteiger partial charge in [0.25, 0.3) is 0 Å². The van der Waals surface area contributed by atoms with Crippen LogP contribution in [-0.4, -0.2) is 140 Å². The van der Waals surface area contributed by atoms with E-state index in [1.807, 2.05) is 20.8 Å². The van der Waals surface area contributed by atoms with Gasteiger partial charge in [0.2, 0.25) is 53.2 Å². The van der Waals surface area contributed by atoms with Crippen molar-refractivity contribution in [2.45, 2.75) is 136 Å². The topological polar surface area (TPSA) is 360 Å². The zero-order valence-corrected chi connectivity index (χ0v) is 36.8. The number of nitrogens with one attached hydrogen (secondary N) is 9. The van der Waals surface area contributed by atoms with Crippen LogP contribution in [0.3, 0.4) is 0 Å². The van der Waals surface area contributed by atoms with E-state index in [1.165, 1.54) is 6.92 Å². The van der Waals surface area contributed by atoms with Crippen LogP contribution in [0.1, 0.15) is 99.3 Å². The number of unbranched alkanes of at least 4 members (excludes halogenated alkanes) is 3. The predicted octanol–water partition coefficient (Wildman–Crippen LogP) is -4.03. The molecule has 0 aliphatic carbocycles. The van der Waals surface area contributed by atoms with E-state index in [4.69, 9.17) is 17.2 Å². The molecule has 0 fully saturated rings. The lowest BCUT2D eigenvalue weighted by molar-refractivity contribution is -0.136. The number of hydrogen-bond acceptors (Lipinski definition) is 13. The number of carbonyl (C=O) groups excluding carboxylic acids is 9. The fraction of sp³-hybridized carbons (Fsp3) is 0.769. The number of rotatable bonds is 32. The van der Waals surface area contributed by atoms with E-state index in [-0.39, 0.29) is 56.1 Å². The number of carbonyl (C=O) groups is 9. The van der Waals surface area contributed by atoms with Gasteiger partial charge in [0, 0.05) is 13.0 Å². The van der Waals surface area contributed by atoms with Gasteiger partial charge in [-0.25, -0.2) is 0 Å². The quantitative estimate of drug-likeness (QED) is 0.0287. The van der Waals surface area contributed by atoms with Crippen LogP contribution >= 0.6 is 0 Å². The molecule has 22 nitrogen and oxygen atoms in total. The van der Waals surface area contributed by atoms with Gasteiger partial charge in [-0.1, -0.05) is 27.7 Å².